The molecule has 4 atom stereocenters. The summed E-state index contributed by atoms with van der Waals surface area (Å²) in [6.45, 7) is 8.53. The van der Waals surface area contributed by atoms with Gasteiger partial charge in [0.2, 0.25) is 11.8 Å². The monoisotopic (exact) mass is 571 g/mol. The summed E-state index contributed by atoms with van der Waals surface area (Å²) in [7, 11) is 1.60. The first-order valence-corrected chi connectivity index (χ1v) is 14.1. The Bertz CT molecular complexity index is 1310. The number of tetrazole rings is 1. The molecule has 0 unspecified atom stereocenters. The van der Waals surface area contributed by atoms with E-state index in [0.717, 1.165) is 32.5 Å². The normalized spacial score (nSPS) is 23.1. The molecule has 0 aromatic carbocycles. The minimum Gasteiger partial charge on any atom is -0.457 e. The Kier molecular flexibility index (Phi) is 9.18. The van der Waals surface area contributed by atoms with Gasteiger partial charge in [0.05, 0.1) is 13.4 Å². The number of aromatic nitrogens is 8. The Morgan fingerprint density at radius 3 is 2.54 bits per heavy atom. The summed E-state index contributed by atoms with van der Waals surface area (Å²) in [5.74, 6) is 1.20. The number of fused-ring (bicyclic) bond motifs is 1. The molecule has 2 saturated heterocycles. The lowest BCUT2D eigenvalue weighted by Crippen LogP contribution is -2.34. The smallest absolute Gasteiger partial charge is 0.293 e. The molecule has 5 rings (SSSR count). The molecule has 0 saturated carbocycles. The highest BCUT2D eigenvalue weighted by Gasteiger charge is 2.52. The second kappa shape index (κ2) is 13.2. The van der Waals surface area contributed by atoms with Crippen LogP contribution in [0.4, 0.5) is 11.8 Å². The molecule has 16 heteroatoms. The molecule has 0 radical (unpaired) electrons. The molecule has 0 spiro atoms. The zero-order valence-corrected chi connectivity index (χ0v) is 23.5. The highest BCUT2D eigenvalue weighted by molar-refractivity contribution is 5.84. The van der Waals surface area contributed by atoms with Crippen LogP contribution in [-0.2, 0) is 30.8 Å². The molecule has 2 N–H and O–H groups in total. The molecule has 2 aliphatic heterocycles. The Balaban J connectivity index is 1.49. The summed E-state index contributed by atoms with van der Waals surface area (Å²) >= 11 is 0. The lowest BCUT2D eigenvalue weighted by atomic mass is 10.1. The summed E-state index contributed by atoms with van der Waals surface area (Å²) in [4.78, 5) is 40.8. The van der Waals surface area contributed by atoms with Crippen molar-refractivity contribution >= 4 is 35.9 Å². The molecule has 2 fully saturated rings. The maximum atomic E-state index is 11.5. The van der Waals surface area contributed by atoms with Gasteiger partial charge < -0.3 is 29.7 Å². The molecule has 0 amide bonds. The third-order valence-electron chi connectivity index (χ3n) is 7.57. The number of carbonyl (C=O) groups is 2. The maximum Gasteiger partial charge on any atom is 0.293 e. The predicted molar refractivity (Wildman–Crippen MR) is 146 cm³/mol. The van der Waals surface area contributed by atoms with E-state index in [4.69, 9.17) is 24.2 Å². The number of likely N-dealkylation sites (tertiary alicyclic amines) is 1. The summed E-state index contributed by atoms with van der Waals surface area (Å²) < 4.78 is 18.7. The number of nitrogens with zero attached hydrogens (tertiary/aromatic N) is 9. The van der Waals surface area contributed by atoms with Crippen molar-refractivity contribution in [3.8, 4) is 0 Å². The quantitative estimate of drug-likeness (QED) is 0.264. The van der Waals surface area contributed by atoms with E-state index in [-0.39, 0.29) is 24.8 Å². The van der Waals surface area contributed by atoms with Crippen LogP contribution in [0.5, 0.6) is 0 Å². The van der Waals surface area contributed by atoms with E-state index in [9.17, 15) is 9.59 Å². The van der Waals surface area contributed by atoms with Gasteiger partial charge in [-0.3, -0.25) is 14.2 Å². The highest BCUT2D eigenvalue weighted by Crippen LogP contribution is 2.42. The third-order valence-corrected chi connectivity index (χ3v) is 7.57. The van der Waals surface area contributed by atoms with Crippen LogP contribution in [0.15, 0.2) is 6.33 Å². The van der Waals surface area contributed by atoms with Crippen molar-refractivity contribution in [1.82, 2.24) is 44.6 Å². The van der Waals surface area contributed by atoms with Crippen molar-refractivity contribution in [1.29, 1.82) is 0 Å². The van der Waals surface area contributed by atoms with E-state index in [0.29, 0.717) is 29.5 Å². The molecule has 3 aromatic heterocycles. The Hall–Kier alpha value is -3.92. The van der Waals surface area contributed by atoms with Gasteiger partial charge in [0.25, 0.3) is 12.9 Å². The van der Waals surface area contributed by atoms with Crippen molar-refractivity contribution < 1.29 is 23.8 Å². The van der Waals surface area contributed by atoms with E-state index < -0.39 is 24.5 Å². The van der Waals surface area contributed by atoms with Crippen molar-refractivity contribution in [3.05, 3.63) is 12.2 Å². The number of carbonyl (C=O) groups excluding carboxylic acids is 2. The van der Waals surface area contributed by atoms with Crippen LogP contribution in [-0.4, -0.2) is 102 Å². The number of imidazole rings is 1. The molecule has 5 heterocycles. The van der Waals surface area contributed by atoms with Gasteiger partial charge in [0.1, 0.15) is 0 Å². The Labute approximate surface area is 237 Å². The molecule has 3 aromatic rings. The minimum absolute atomic E-state index is 0.177. The standard InChI is InChI=1S/C25H37N11O5/c1-4-16(5-2)28-21-17-23(30-25(29-21)26-9-12-35-10-7-6-8-11-35)36(13-27-17)24-20(40-15-38)18(39-14-37)19(41-24)22-31-33-34(3)32-22/h13-16,18-20,24H,4-12H2,1-3H3,(H2,26,28,29,30)/t18-,19-,20+,24+/m0/s1. The molecule has 41 heavy (non-hydrogen) atoms. The van der Waals surface area contributed by atoms with E-state index in [2.05, 4.69) is 49.8 Å². The number of rotatable bonds is 14. The summed E-state index contributed by atoms with van der Waals surface area (Å²) in [5.41, 5.74) is 0.983. The van der Waals surface area contributed by atoms with Crippen LogP contribution in [0, 0.1) is 0 Å². The fraction of sp³-hybridized carbons (Fsp3) is 0.680. The lowest BCUT2D eigenvalue weighted by molar-refractivity contribution is -0.151. The van der Waals surface area contributed by atoms with Gasteiger partial charge in [-0.25, -0.2) is 4.98 Å². The summed E-state index contributed by atoms with van der Waals surface area (Å²) in [5, 5.41) is 18.9. The Morgan fingerprint density at radius 1 is 1.10 bits per heavy atom. The zero-order chi connectivity index (χ0) is 28.8. The second-order valence-corrected chi connectivity index (χ2v) is 10.2. The zero-order valence-electron chi connectivity index (χ0n) is 23.5. The van der Waals surface area contributed by atoms with E-state index in [1.165, 1.54) is 24.1 Å². The maximum absolute atomic E-state index is 11.5. The Morgan fingerprint density at radius 2 is 1.85 bits per heavy atom. The average molecular weight is 572 g/mol. The van der Waals surface area contributed by atoms with Crippen molar-refractivity contribution in [3.63, 3.8) is 0 Å². The highest BCUT2D eigenvalue weighted by atomic mass is 16.6. The largest absolute Gasteiger partial charge is 0.457 e. The first kappa shape index (κ1) is 28.6. The van der Waals surface area contributed by atoms with E-state index in [1.807, 2.05) is 0 Å². The topological polar surface area (TPSA) is 176 Å². The van der Waals surface area contributed by atoms with Crippen LogP contribution in [0.25, 0.3) is 11.2 Å². The number of ether oxygens (including phenoxy) is 3. The summed E-state index contributed by atoms with van der Waals surface area (Å²) in [6.07, 6.45) is 3.09. The molecule has 222 valence electrons. The fourth-order valence-corrected chi connectivity index (χ4v) is 5.38. The number of anilines is 2. The van der Waals surface area contributed by atoms with Crippen LogP contribution in [0.2, 0.25) is 0 Å². The number of aryl methyl sites for hydroxylation is 1. The van der Waals surface area contributed by atoms with Crippen LogP contribution < -0.4 is 10.6 Å². The lowest BCUT2D eigenvalue weighted by Gasteiger charge is -2.26. The number of piperidine rings is 1. The minimum atomic E-state index is -1.04. The fourth-order valence-electron chi connectivity index (χ4n) is 5.38. The van der Waals surface area contributed by atoms with Gasteiger partial charge in [-0.15, -0.1) is 10.2 Å². The molecule has 0 aliphatic carbocycles. The van der Waals surface area contributed by atoms with Crippen LogP contribution in [0.3, 0.4) is 0 Å². The first-order valence-electron chi connectivity index (χ1n) is 14.1. The van der Waals surface area contributed by atoms with Crippen LogP contribution >= 0.6 is 0 Å². The SMILES string of the molecule is CCC(CC)Nc1nc(NCCN2CCCCC2)nc2c1ncn2[C@@H]1O[C@H](c2nnn(C)n2)[C@H](OC=O)[C@H]1OC=O. The van der Waals surface area contributed by atoms with Gasteiger partial charge in [-0.05, 0) is 44.0 Å². The van der Waals surface area contributed by atoms with Gasteiger partial charge in [0, 0.05) is 19.1 Å². The van der Waals surface area contributed by atoms with Crippen LogP contribution in [0.1, 0.15) is 64.1 Å². The van der Waals surface area contributed by atoms with E-state index in [1.54, 1.807) is 17.9 Å². The molecule has 16 nitrogen and oxygen atoms in total. The first-order chi connectivity index (χ1) is 20.1. The number of nitrogens with one attached hydrogen (secondary N) is 2. The van der Waals surface area contributed by atoms with Gasteiger partial charge in [0.15, 0.2) is 41.5 Å². The van der Waals surface area contributed by atoms with Gasteiger partial charge >= 0.3 is 0 Å². The molecule has 0 bridgehead atoms. The molecular formula is C25H37N11O5. The molecular weight excluding hydrogens is 534 g/mol. The van der Waals surface area contributed by atoms with E-state index >= 15 is 0 Å². The van der Waals surface area contributed by atoms with Crippen molar-refractivity contribution in [2.45, 2.75) is 76.5 Å². The molecule has 2 aliphatic rings. The number of hydrogen-bond donors (Lipinski definition) is 2. The average Bonchev–Trinajstić information content (AvgIpc) is 3.70. The predicted octanol–water partition coefficient (Wildman–Crippen LogP) is 1.20. The van der Waals surface area contributed by atoms with Crippen molar-refractivity contribution in [2.24, 2.45) is 7.05 Å². The van der Waals surface area contributed by atoms with Gasteiger partial charge in [-0.2, -0.15) is 14.8 Å². The van der Waals surface area contributed by atoms with Gasteiger partial charge in [-0.1, -0.05) is 20.3 Å². The third kappa shape index (κ3) is 6.22. The second-order valence-electron chi connectivity index (χ2n) is 10.2. The number of hydrogen-bond acceptors (Lipinski definition) is 14. The summed E-state index contributed by atoms with van der Waals surface area (Å²) in [6, 6.07) is 0.186. The van der Waals surface area contributed by atoms with Crippen molar-refractivity contribution in [2.75, 3.05) is 36.8 Å².